The Bertz CT molecular complexity index is 503. The maximum absolute atomic E-state index is 5.63. The van der Waals surface area contributed by atoms with Crippen LogP contribution in [0, 0.1) is 6.92 Å². The molecule has 7 heteroatoms. The molecular weight excluding hydrogens is 232 g/mol. The molecule has 0 aliphatic rings. The lowest BCUT2D eigenvalue weighted by Gasteiger charge is -2.05. The van der Waals surface area contributed by atoms with Gasteiger partial charge in [-0.3, -0.25) is 0 Å². The van der Waals surface area contributed by atoms with E-state index in [0.717, 1.165) is 23.8 Å². The molecule has 0 unspecified atom stereocenters. The lowest BCUT2D eigenvalue weighted by molar-refractivity contribution is 0.267. The number of hydrogen-bond donors (Lipinski definition) is 1. The van der Waals surface area contributed by atoms with Crippen LogP contribution in [0.3, 0.4) is 0 Å². The van der Waals surface area contributed by atoms with E-state index in [1.54, 1.807) is 9.36 Å². The zero-order valence-electron chi connectivity index (χ0n) is 10.9. The van der Waals surface area contributed by atoms with Gasteiger partial charge in [-0.1, -0.05) is 5.21 Å². The Kier molecular flexibility index (Phi) is 3.93. The van der Waals surface area contributed by atoms with Crippen molar-refractivity contribution in [1.29, 1.82) is 0 Å². The zero-order chi connectivity index (χ0) is 13.0. The summed E-state index contributed by atoms with van der Waals surface area (Å²) in [6, 6.07) is 1.91. The molecule has 2 heterocycles. The Morgan fingerprint density at radius 2 is 2.28 bits per heavy atom. The fraction of sp³-hybridized carbons (Fsp3) is 0.545. The molecule has 0 atom stereocenters. The Morgan fingerprint density at radius 3 is 2.94 bits per heavy atom. The van der Waals surface area contributed by atoms with Crippen molar-refractivity contribution >= 4 is 0 Å². The van der Waals surface area contributed by atoms with Crippen LogP contribution >= 0.6 is 0 Å². The highest BCUT2D eigenvalue weighted by Crippen LogP contribution is 2.10. The number of rotatable bonds is 6. The van der Waals surface area contributed by atoms with Crippen molar-refractivity contribution < 1.29 is 4.74 Å². The number of ether oxygens (including phenoxy) is 1. The van der Waals surface area contributed by atoms with E-state index < -0.39 is 0 Å². The number of aromatic nitrogens is 5. The van der Waals surface area contributed by atoms with Crippen LogP contribution in [0.25, 0.3) is 0 Å². The van der Waals surface area contributed by atoms with Crippen molar-refractivity contribution in [3.8, 4) is 5.88 Å². The largest absolute Gasteiger partial charge is 0.476 e. The van der Waals surface area contributed by atoms with Gasteiger partial charge in [-0.2, -0.15) is 5.10 Å². The molecule has 0 saturated heterocycles. The molecule has 7 nitrogen and oxygen atoms in total. The second-order valence-corrected chi connectivity index (χ2v) is 4.10. The van der Waals surface area contributed by atoms with Gasteiger partial charge in [-0.25, -0.2) is 9.36 Å². The van der Waals surface area contributed by atoms with Crippen LogP contribution in [-0.4, -0.2) is 38.4 Å². The first-order valence-corrected chi connectivity index (χ1v) is 5.86. The number of nitrogens with zero attached hydrogens (tertiary/aromatic N) is 5. The second-order valence-electron chi connectivity index (χ2n) is 4.10. The summed E-state index contributed by atoms with van der Waals surface area (Å²) in [6.07, 6.45) is 1.91. The Hall–Kier alpha value is -1.89. The molecule has 2 aromatic rings. The average molecular weight is 250 g/mol. The van der Waals surface area contributed by atoms with E-state index in [2.05, 4.69) is 20.7 Å². The summed E-state index contributed by atoms with van der Waals surface area (Å²) in [7, 11) is 3.75. The average Bonchev–Trinajstić information content (AvgIpc) is 2.87. The molecule has 2 aromatic heterocycles. The molecule has 1 N–H and O–H groups in total. The number of nitrogens with one attached hydrogen (secondary N) is 1. The van der Waals surface area contributed by atoms with E-state index in [1.807, 2.05) is 33.3 Å². The molecule has 0 amide bonds. The van der Waals surface area contributed by atoms with Crippen molar-refractivity contribution in [2.45, 2.75) is 20.0 Å². The fourth-order valence-electron chi connectivity index (χ4n) is 1.68. The quantitative estimate of drug-likeness (QED) is 0.788. The Morgan fingerprint density at radius 1 is 1.44 bits per heavy atom. The smallest absolute Gasteiger partial charge is 0.211 e. The van der Waals surface area contributed by atoms with E-state index in [9.17, 15) is 0 Å². The van der Waals surface area contributed by atoms with Crippen LogP contribution in [0.15, 0.2) is 12.3 Å². The summed E-state index contributed by atoms with van der Waals surface area (Å²) in [5.74, 6) is 0.767. The first kappa shape index (κ1) is 12.6. The van der Waals surface area contributed by atoms with Gasteiger partial charge in [0.05, 0.1) is 17.9 Å². The SMILES string of the molecule is CNCc1cn(CCOc2cc(C)nn2C)nn1. The molecule has 0 radical (unpaired) electrons. The molecular formula is C11H18N6O. The van der Waals surface area contributed by atoms with E-state index >= 15 is 0 Å². The summed E-state index contributed by atoms with van der Waals surface area (Å²) in [5.41, 5.74) is 1.87. The summed E-state index contributed by atoms with van der Waals surface area (Å²) >= 11 is 0. The molecule has 0 spiro atoms. The summed E-state index contributed by atoms with van der Waals surface area (Å²) in [4.78, 5) is 0. The second kappa shape index (κ2) is 5.63. The van der Waals surface area contributed by atoms with E-state index in [4.69, 9.17) is 4.74 Å². The van der Waals surface area contributed by atoms with Crippen molar-refractivity contribution in [2.75, 3.05) is 13.7 Å². The third-order valence-electron chi connectivity index (χ3n) is 2.47. The topological polar surface area (TPSA) is 69.8 Å². The highest BCUT2D eigenvalue weighted by molar-refractivity contribution is 5.14. The normalized spacial score (nSPS) is 10.8. The predicted molar refractivity (Wildman–Crippen MR) is 66.2 cm³/mol. The minimum absolute atomic E-state index is 0.543. The third kappa shape index (κ3) is 3.07. The molecule has 98 valence electrons. The molecule has 0 bridgehead atoms. The highest BCUT2D eigenvalue weighted by atomic mass is 16.5. The summed E-state index contributed by atoms with van der Waals surface area (Å²) < 4.78 is 9.13. The fourth-order valence-corrected chi connectivity index (χ4v) is 1.68. The van der Waals surface area contributed by atoms with Crippen LogP contribution < -0.4 is 10.1 Å². The molecule has 0 saturated carbocycles. The predicted octanol–water partition coefficient (Wildman–Crippen LogP) is 0.118. The lowest BCUT2D eigenvalue weighted by atomic mass is 10.5. The van der Waals surface area contributed by atoms with Gasteiger partial charge in [0.2, 0.25) is 5.88 Å². The zero-order valence-corrected chi connectivity index (χ0v) is 10.9. The monoisotopic (exact) mass is 250 g/mol. The molecule has 0 aliphatic carbocycles. The molecule has 18 heavy (non-hydrogen) atoms. The number of aryl methyl sites for hydroxylation is 2. The van der Waals surface area contributed by atoms with Crippen LogP contribution in [0.5, 0.6) is 5.88 Å². The van der Waals surface area contributed by atoms with Crippen LogP contribution in [-0.2, 0) is 20.1 Å². The summed E-state index contributed by atoms with van der Waals surface area (Å²) in [6.45, 7) is 3.87. The maximum Gasteiger partial charge on any atom is 0.211 e. The van der Waals surface area contributed by atoms with Gasteiger partial charge in [-0.15, -0.1) is 5.10 Å². The standard InChI is InChI=1S/C11H18N6O/c1-9-6-11(16(3)14-9)18-5-4-17-8-10(7-12-2)13-15-17/h6,8,12H,4-5,7H2,1-3H3. The Labute approximate surface area is 106 Å². The third-order valence-corrected chi connectivity index (χ3v) is 2.47. The van der Waals surface area contributed by atoms with Gasteiger partial charge in [-0.05, 0) is 14.0 Å². The van der Waals surface area contributed by atoms with E-state index in [0.29, 0.717) is 13.2 Å². The lowest BCUT2D eigenvalue weighted by Crippen LogP contribution is -2.10. The number of hydrogen-bond acceptors (Lipinski definition) is 5. The van der Waals surface area contributed by atoms with Crippen molar-refractivity contribution in [2.24, 2.45) is 7.05 Å². The van der Waals surface area contributed by atoms with Crippen molar-refractivity contribution in [3.63, 3.8) is 0 Å². The summed E-state index contributed by atoms with van der Waals surface area (Å²) in [5, 5.41) is 15.3. The van der Waals surface area contributed by atoms with Crippen LogP contribution in [0.4, 0.5) is 0 Å². The molecule has 2 rings (SSSR count). The first-order chi connectivity index (χ1) is 8.69. The van der Waals surface area contributed by atoms with Gasteiger partial charge >= 0.3 is 0 Å². The maximum atomic E-state index is 5.63. The van der Waals surface area contributed by atoms with Crippen LogP contribution in [0.2, 0.25) is 0 Å². The van der Waals surface area contributed by atoms with Gasteiger partial charge in [0, 0.05) is 25.9 Å². The van der Waals surface area contributed by atoms with Gasteiger partial charge < -0.3 is 10.1 Å². The highest BCUT2D eigenvalue weighted by Gasteiger charge is 2.03. The first-order valence-electron chi connectivity index (χ1n) is 5.86. The van der Waals surface area contributed by atoms with E-state index in [1.165, 1.54) is 0 Å². The Balaban J connectivity index is 1.82. The van der Waals surface area contributed by atoms with Crippen molar-refractivity contribution in [1.82, 2.24) is 30.1 Å². The van der Waals surface area contributed by atoms with Crippen molar-refractivity contribution in [3.05, 3.63) is 23.7 Å². The van der Waals surface area contributed by atoms with Gasteiger partial charge in [0.25, 0.3) is 0 Å². The van der Waals surface area contributed by atoms with E-state index in [-0.39, 0.29) is 0 Å². The van der Waals surface area contributed by atoms with Gasteiger partial charge in [0.15, 0.2) is 0 Å². The van der Waals surface area contributed by atoms with Crippen LogP contribution in [0.1, 0.15) is 11.4 Å². The minimum atomic E-state index is 0.543. The molecule has 0 fully saturated rings. The van der Waals surface area contributed by atoms with Gasteiger partial charge in [0.1, 0.15) is 6.61 Å². The minimum Gasteiger partial charge on any atom is -0.476 e. The molecule has 0 aromatic carbocycles. The molecule has 0 aliphatic heterocycles.